The number of benzene rings is 2. The average molecular weight is 327 g/mol. The standard InChI is InChI=1S/C16H13N3O3S/c20-15-9-11-8-12(4-5-13(11)18-15)23(21,22)19-14-3-1-2-10-6-7-17-16(10)14/h1-8,17,19H,9H2,(H,18,20). The summed E-state index contributed by atoms with van der Waals surface area (Å²) in [6, 6.07) is 11.9. The SMILES string of the molecule is O=C1Cc2cc(S(=O)(=O)Nc3cccc4cc[nH]c34)ccc2N1. The Morgan fingerprint density at radius 1 is 1.09 bits per heavy atom. The highest BCUT2D eigenvalue weighted by Gasteiger charge is 2.22. The number of carbonyl (C=O) groups excluding carboxylic acids is 1. The van der Waals surface area contributed by atoms with Crippen LogP contribution >= 0.6 is 0 Å². The Hall–Kier alpha value is -2.80. The molecule has 3 N–H and O–H groups in total. The molecule has 2 aromatic carbocycles. The van der Waals surface area contributed by atoms with E-state index in [-0.39, 0.29) is 17.2 Å². The van der Waals surface area contributed by atoms with Gasteiger partial charge in [0.15, 0.2) is 0 Å². The van der Waals surface area contributed by atoms with Crippen LogP contribution in [0.5, 0.6) is 0 Å². The van der Waals surface area contributed by atoms with E-state index in [1.54, 1.807) is 24.4 Å². The maximum absolute atomic E-state index is 12.6. The topological polar surface area (TPSA) is 91.1 Å². The maximum Gasteiger partial charge on any atom is 0.261 e. The molecule has 0 bridgehead atoms. The Morgan fingerprint density at radius 2 is 1.96 bits per heavy atom. The first-order chi connectivity index (χ1) is 11.0. The van der Waals surface area contributed by atoms with Crippen LogP contribution in [0.2, 0.25) is 0 Å². The Morgan fingerprint density at radius 3 is 2.83 bits per heavy atom. The van der Waals surface area contributed by atoms with Crippen molar-refractivity contribution in [2.45, 2.75) is 11.3 Å². The van der Waals surface area contributed by atoms with E-state index in [2.05, 4.69) is 15.0 Å². The molecule has 0 atom stereocenters. The highest BCUT2D eigenvalue weighted by molar-refractivity contribution is 7.92. The number of fused-ring (bicyclic) bond motifs is 2. The molecule has 0 saturated carbocycles. The van der Waals surface area contributed by atoms with Gasteiger partial charge in [-0.05, 0) is 35.9 Å². The molecule has 0 saturated heterocycles. The summed E-state index contributed by atoms with van der Waals surface area (Å²) < 4.78 is 27.8. The van der Waals surface area contributed by atoms with E-state index < -0.39 is 10.0 Å². The minimum atomic E-state index is -3.73. The molecule has 116 valence electrons. The van der Waals surface area contributed by atoms with Crippen LogP contribution in [0, 0.1) is 0 Å². The first-order valence-corrected chi connectivity index (χ1v) is 8.53. The number of H-pyrrole nitrogens is 1. The summed E-state index contributed by atoms with van der Waals surface area (Å²) in [6.45, 7) is 0. The smallest absolute Gasteiger partial charge is 0.261 e. The molecule has 2 heterocycles. The van der Waals surface area contributed by atoms with Gasteiger partial charge in [0.1, 0.15) is 0 Å². The number of anilines is 2. The highest BCUT2D eigenvalue weighted by atomic mass is 32.2. The summed E-state index contributed by atoms with van der Waals surface area (Å²) in [6.07, 6.45) is 1.96. The molecular formula is C16H13N3O3S. The number of sulfonamides is 1. The number of carbonyl (C=O) groups is 1. The Labute approximate surface area is 132 Å². The monoisotopic (exact) mass is 327 g/mol. The van der Waals surface area contributed by atoms with Crippen molar-refractivity contribution in [3.05, 3.63) is 54.2 Å². The molecule has 7 heteroatoms. The van der Waals surface area contributed by atoms with E-state index >= 15 is 0 Å². The van der Waals surface area contributed by atoms with Gasteiger partial charge in [0.25, 0.3) is 10.0 Å². The van der Waals surface area contributed by atoms with Crippen molar-refractivity contribution >= 4 is 38.2 Å². The summed E-state index contributed by atoms with van der Waals surface area (Å²) in [7, 11) is -3.73. The third-order valence-electron chi connectivity index (χ3n) is 3.84. The Bertz CT molecular complexity index is 1040. The van der Waals surface area contributed by atoms with Crippen LogP contribution in [0.3, 0.4) is 0 Å². The molecule has 3 aromatic rings. The molecule has 1 aromatic heterocycles. The lowest BCUT2D eigenvalue weighted by atomic mass is 10.2. The number of aromatic nitrogens is 1. The molecule has 4 rings (SSSR count). The van der Waals surface area contributed by atoms with Gasteiger partial charge < -0.3 is 10.3 Å². The van der Waals surface area contributed by atoms with Crippen molar-refractivity contribution in [2.75, 3.05) is 10.0 Å². The molecule has 0 radical (unpaired) electrons. The van der Waals surface area contributed by atoms with E-state index in [1.807, 2.05) is 12.1 Å². The molecule has 0 fully saturated rings. The lowest BCUT2D eigenvalue weighted by Gasteiger charge is -2.10. The van der Waals surface area contributed by atoms with Gasteiger partial charge in [0.05, 0.1) is 22.5 Å². The number of rotatable bonds is 3. The van der Waals surface area contributed by atoms with Crippen LogP contribution in [-0.2, 0) is 21.2 Å². The van der Waals surface area contributed by atoms with Crippen LogP contribution in [0.25, 0.3) is 10.9 Å². The first kappa shape index (κ1) is 13.8. The van der Waals surface area contributed by atoms with Crippen molar-refractivity contribution in [3.63, 3.8) is 0 Å². The summed E-state index contributed by atoms with van der Waals surface area (Å²) in [5, 5.41) is 3.61. The molecule has 1 aliphatic heterocycles. The fraction of sp³-hybridized carbons (Fsp3) is 0.0625. The molecule has 0 aliphatic carbocycles. The number of hydrogen-bond donors (Lipinski definition) is 3. The van der Waals surface area contributed by atoms with Crippen LogP contribution in [0.4, 0.5) is 11.4 Å². The van der Waals surface area contributed by atoms with Crippen LogP contribution in [-0.4, -0.2) is 19.3 Å². The molecular weight excluding hydrogens is 314 g/mol. The Kier molecular flexibility index (Phi) is 2.92. The van der Waals surface area contributed by atoms with E-state index in [4.69, 9.17) is 0 Å². The first-order valence-electron chi connectivity index (χ1n) is 7.05. The second-order valence-electron chi connectivity index (χ2n) is 5.40. The number of nitrogens with one attached hydrogen (secondary N) is 3. The van der Waals surface area contributed by atoms with Crippen molar-refractivity contribution in [1.29, 1.82) is 0 Å². The lowest BCUT2D eigenvalue weighted by molar-refractivity contribution is -0.115. The van der Waals surface area contributed by atoms with Crippen molar-refractivity contribution in [2.24, 2.45) is 0 Å². The summed E-state index contributed by atoms with van der Waals surface area (Å²) in [5.74, 6) is -0.126. The number of para-hydroxylation sites is 1. The number of hydrogen-bond acceptors (Lipinski definition) is 3. The van der Waals surface area contributed by atoms with Crippen LogP contribution < -0.4 is 10.0 Å². The predicted molar refractivity (Wildman–Crippen MR) is 87.9 cm³/mol. The predicted octanol–water partition coefficient (Wildman–Crippen LogP) is 2.46. The molecule has 0 spiro atoms. The average Bonchev–Trinajstić information content (AvgIpc) is 3.11. The second-order valence-corrected chi connectivity index (χ2v) is 7.08. The van der Waals surface area contributed by atoms with Crippen molar-refractivity contribution in [1.82, 2.24) is 4.98 Å². The van der Waals surface area contributed by atoms with Crippen molar-refractivity contribution in [3.8, 4) is 0 Å². The van der Waals surface area contributed by atoms with E-state index in [1.165, 1.54) is 12.1 Å². The van der Waals surface area contributed by atoms with Crippen LogP contribution in [0.15, 0.2) is 53.6 Å². The van der Waals surface area contributed by atoms with Gasteiger partial charge in [0.2, 0.25) is 5.91 Å². The minimum absolute atomic E-state index is 0.126. The fourth-order valence-electron chi connectivity index (χ4n) is 2.75. The van der Waals surface area contributed by atoms with E-state index in [0.29, 0.717) is 16.9 Å². The van der Waals surface area contributed by atoms with Gasteiger partial charge in [-0.1, -0.05) is 12.1 Å². The van der Waals surface area contributed by atoms with Gasteiger partial charge in [-0.15, -0.1) is 0 Å². The third kappa shape index (κ3) is 2.35. The zero-order valence-corrected chi connectivity index (χ0v) is 12.8. The summed E-state index contributed by atoms with van der Waals surface area (Å²) in [4.78, 5) is 14.6. The van der Waals surface area contributed by atoms with Crippen LogP contribution in [0.1, 0.15) is 5.56 Å². The van der Waals surface area contributed by atoms with Gasteiger partial charge in [-0.3, -0.25) is 9.52 Å². The minimum Gasteiger partial charge on any atom is -0.359 e. The molecule has 23 heavy (non-hydrogen) atoms. The second kappa shape index (κ2) is 4.85. The number of aromatic amines is 1. The Balaban J connectivity index is 1.73. The molecule has 0 unspecified atom stereocenters. The molecule has 1 amide bonds. The maximum atomic E-state index is 12.6. The van der Waals surface area contributed by atoms with Gasteiger partial charge >= 0.3 is 0 Å². The zero-order valence-electron chi connectivity index (χ0n) is 12.0. The fourth-order valence-corrected chi connectivity index (χ4v) is 3.87. The summed E-state index contributed by atoms with van der Waals surface area (Å²) >= 11 is 0. The largest absolute Gasteiger partial charge is 0.359 e. The number of amides is 1. The summed E-state index contributed by atoms with van der Waals surface area (Å²) in [5.41, 5.74) is 2.58. The van der Waals surface area contributed by atoms with Crippen molar-refractivity contribution < 1.29 is 13.2 Å². The zero-order chi connectivity index (χ0) is 16.0. The highest BCUT2D eigenvalue weighted by Crippen LogP contribution is 2.28. The molecule has 1 aliphatic rings. The van der Waals surface area contributed by atoms with Gasteiger partial charge in [-0.25, -0.2) is 8.42 Å². The quantitative estimate of drug-likeness (QED) is 0.690. The third-order valence-corrected chi connectivity index (χ3v) is 5.21. The lowest BCUT2D eigenvalue weighted by Crippen LogP contribution is -2.13. The molecule has 6 nitrogen and oxygen atoms in total. The van der Waals surface area contributed by atoms with E-state index in [0.717, 1.165) is 10.9 Å². The van der Waals surface area contributed by atoms with Gasteiger partial charge in [-0.2, -0.15) is 0 Å². The van der Waals surface area contributed by atoms with Gasteiger partial charge in [0, 0.05) is 17.3 Å². The van der Waals surface area contributed by atoms with E-state index in [9.17, 15) is 13.2 Å². The normalized spacial score (nSPS) is 13.8.